The molecular formula is C44H40N4O6. The van der Waals surface area contributed by atoms with Gasteiger partial charge in [0.15, 0.2) is 23.0 Å². The maximum atomic E-state index is 13.8. The summed E-state index contributed by atoms with van der Waals surface area (Å²) in [5.41, 5.74) is 8.72. The van der Waals surface area contributed by atoms with E-state index in [0.29, 0.717) is 58.6 Å². The van der Waals surface area contributed by atoms with E-state index in [-0.39, 0.29) is 38.5 Å². The summed E-state index contributed by atoms with van der Waals surface area (Å²) in [5.74, 6) is 1.76. The van der Waals surface area contributed by atoms with Crippen LogP contribution in [0.2, 0.25) is 0 Å². The summed E-state index contributed by atoms with van der Waals surface area (Å²) >= 11 is 0. The minimum atomic E-state index is -0.123. The fraction of sp³-hybridized carbons (Fsp3) is 0.227. The Bertz CT molecular complexity index is 2220. The van der Waals surface area contributed by atoms with Gasteiger partial charge in [-0.3, -0.25) is 19.6 Å². The minimum absolute atomic E-state index is 0. The maximum absolute atomic E-state index is 13.8. The number of methoxy groups -OCH3 is 2. The standard InChI is InChI=1S/C44H38N4O6.H2/c1-51-39-17-35-37(45-21-33-15-29-10-3-5-12-31(29)23-47(33)43(35)49)19-41(39)53-25-27-8-7-9-28(14-27)26-54-42-20-38-36(18-40(42)52-2)44(50)48-24-32-13-6-4-11-30(32)16-34(48)22-46-38;/h3-14,17-22,33-34H,15-16,23-26H2,1-2H3;1H/t33-,34?;/m0./s1. The van der Waals surface area contributed by atoms with E-state index >= 15 is 0 Å². The number of hydrogen-bond acceptors (Lipinski definition) is 8. The van der Waals surface area contributed by atoms with Crippen LogP contribution in [0.15, 0.2) is 107 Å². The highest BCUT2D eigenvalue weighted by atomic mass is 16.5. The number of hydrogen-bond donors (Lipinski definition) is 0. The molecule has 0 radical (unpaired) electrons. The molecule has 0 aromatic heterocycles. The van der Waals surface area contributed by atoms with E-state index in [1.165, 1.54) is 11.1 Å². The van der Waals surface area contributed by atoms with E-state index in [2.05, 4.69) is 24.3 Å². The second-order valence-corrected chi connectivity index (χ2v) is 13.9. The molecule has 0 N–H and O–H groups in total. The van der Waals surface area contributed by atoms with Crippen LogP contribution in [0.5, 0.6) is 23.0 Å². The zero-order chi connectivity index (χ0) is 36.8. The average molecular weight is 721 g/mol. The summed E-state index contributed by atoms with van der Waals surface area (Å²) in [5, 5.41) is 0. The molecule has 9 rings (SSSR count). The molecule has 0 aliphatic carbocycles. The van der Waals surface area contributed by atoms with E-state index in [0.717, 1.165) is 35.1 Å². The Morgan fingerprint density at radius 3 is 1.46 bits per heavy atom. The van der Waals surface area contributed by atoms with E-state index in [1.54, 1.807) is 38.5 Å². The Kier molecular flexibility index (Phi) is 8.57. The summed E-state index contributed by atoms with van der Waals surface area (Å²) in [6, 6.07) is 31.2. The van der Waals surface area contributed by atoms with Crippen molar-refractivity contribution in [2.24, 2.45) is 9.98 Å². The monoisotopic (exact) mass is 720 g/mol. The molecule has 0 spiro atoms. The summed E-state index contributed by atoms with van der Waals surface area (Å²) in [6.07, 6.45) is 5.18. The number of ether oxygens (including phenoxy) is 4. The van der Waals surface area contributed by atoms with Crippen molar-refractivity contribution in [2.75, 3.05) is 14.2 Å². The van der Waals surface area contributed by atoms with Crippen LogP contribution in [0.1, 0.15) is 55.5 Å². The number of aliphatic imine (C=N–C) groups is 2. The van der Waals surface area contributed by atoms with Crippen LogP contribution in [-0.2, 0) is 39.1 Å². The number of carbonyl (C=O) groups excluding carboxylic acids is 2. The van der Waals surface area contributed by atoms with Gasteiger partial charge < -0.3 is 28.7 Å². The first-order valence-electron chi connectivity index (χ1n) is 18.1. The van der Waals surface area contributed by atoms with Gasteiger partial charge in [0.2, 0.25) is 0 Å². The smallest absolute Gasteiger partial charge is 0.257 e. The van der Waals surface area contributed by atoms with Crippen LogP contribution < -0.4 is 18.9 Å². The molecule has 4 heterocycles. The molecule has 2 amide bonds. The summed E-state index contributed by atoms with van der Waals surface area (Å²) in [7, 11) is 3.14. The first-order valence-corrected chi connectivity index (χ1v) is 18.1. The summed E-state index contributed by atoms with van der Waals surface area (Å²) < 4.78 is 24.0. The lowest BCUT2D eigenvalue weighted by atomic mass is 9.94. The van der Waals surface area contributed by atoms with Crippen molar-refractivity contribution in [1.29, 1.82) is 0 Å². The van der Waals surface area contributed by atoms with Gasteiger partial charge in [-0.1, -0.05) is 66.7 Å². The Morgan fingerprint density at radius 2 is 1.02 bits per heavy atom. The third-order valence-electron chi connectivity index (χ3n) is 10.7. The first kappa shape index (κ1) is 33.4. The van der Waals surface area contributed by atoms with Gasteiger partial charge in [0.05, 0.1) is 48.8 Å². The molecule has 1 unspecified atom stereocenters. The fourth-order valence-corrected chi connectivity index (χ4v) is 7.78. The molecule has 0 saturated carbocycles. The van der Waals surface area contributed by atoms with Crippen molar-refractivity contribution < 1.29 is 30.0 Å². The largest absolute Gasteiger partial charge is 0.493 e. The third kappa shape index (κ3) is 6.13. The lowest BCUT2D eigenvalue weighted by Gasteiger charge is -2.34. The molecule has 0 fully saturated rings. The van der Waals surface area contributed by atoms with Crippen LogP contribution in [-0.4, -0.2) is 60.3 Å². The SMILES string of the molecule is COc1cc2c(cc1OCc1cccc(COc3cc4c(cc3OC)C(=O)N3Cc5ccccc5C[C@H]3C=N4)c1)N=CC1Cc3ccccc3CN1C2=O.[HH]. The van der Waals surface area contributed by atoms with E-state index < -0.39 is 0 Å². The fourth-order valence-electron chi connectivity index (χ4n) is 7.78. The van der Waals surface area contributed by atoms with Crippen LogP contribution in [0.25, 0.3) is 0 Å². The zero-order valence-electron chi connectivity index (χ0n) is 30.0. The molecule has 10 nitrogen and oxygen atoms in total. The van der Waals surface area contributed by atoms with Crippen LogP contribution in [0.4, 0.5) is 11.4 Å². The minimum Gasteiger partial charge on any atom is -0.493 e. The molecule has 4 aliphatic heterocycles. The van der Waals surface area contributed by atoms with Gasteiger partial charge in [0, 0.05) is 39.1 Å². The highest BCUT2D eigenvalue weighted by Gasteiger charge is 2.35. The average Bonchev–Trinajstić information content (AvgIpc) is 3.42. The van der Waals surface area contributed by atoms with Crippen molar-refractivity contribution >= 4 is 35.6 Å². The second-order valence-electron chi connectivity index (χ2n) is 13.9. The van der Waals surface area contributed by atoms with Crippen LogP contribution >= 0.6 is 0 Å². The van der Waals surface area contributed by atoms with E-state index in [4.69, 9.17) is 28.9 Å². The van der Waals surface area contributed by atoms with Crippen molar-refractivity contribution in [3.05, 3.63) is 142 Å². The van der Waals surface area contributed by atoms with Gasteiger partial charge in [0.25, 0.3) is 11.8 Å². The molecule has 54 heavy (non-hydrogen) atoms. The molecule has 0 bridgehead atoms. The molecule has 10 heteroatoms. The molecule has 2 atom stereocenters. The molecule has 5 aromatic carbocycles. The van der Waals surface area contributed by atoms with Gasteiger partial charge in [-0.25, -0.2) is 0 Å². The molecule has 4 aliphatic rings. The summed E-state index contributed by atoms with van der Waals surface area (Å²) in [4.78, 5) is 40.8. The Balaban J connectivity index is 0.00000427. The molecule has 0 saturated heterocycles. The number of rotatable bonds is 8. The quantitative estimate of drug-likeness (QED) is 0.163. The Labute approximate surface area is 314 Å². The highest BCUT2D eigenvalue weighted by Crippen LogP contribution is 2.40. The zero-order valence-corrected chi connectivity index (χ0v) is 30.0. The maximum Gasteiger partial charge on any atom is 0.257 e. The molecule has 272 valence electrons. The van der Waals surface area contributed by atoms with Gasteiger partial charge in [0.1, 0.15) is 13.2 Å². The van der Waals surface area contributed by atoms with Crippen LogP contribution in [0.3, 0.4) is 0 Å². The second kappa shape index (κ2) is 13.9. The van der Waals surface area contributed by atoms with Crippen LogP contribution in [0, 0.1) is 0 Å². The van der Waals surface area contributed by atoms with Gasteiger partial charge >= 0.3 is 0 Å². The van der Waals surface area contributed by atoms with Gasteiger partial charge in [-0.05, 0) is 64.4 Å². The van der Waals surface area contributed by atoms with Crippen molar-refractivity contribution in [3.63, 3.8) is 0 Å². The number of carbonyl (C=O) groups is 2. The third-order valence-corrected chi connectivity index (χ3v) is 10.7. The van der Waals surface area contributed by atoms with Crippen molar-refractivity contribution in [1.82, 2.24) is 9.80 Å². The first-order chi connectivity index (χ1) is 26.4. The lowest BCUT2D eigenvalue weighted by Crippen LogP contribution is -2.44. The summed E-state index contributed by atoms with van der Waals surface area (Å²) in [6.45, 7) is 1.58. The van der Waals surface area contributed by atoms with Gasteiger partial charge in [-0.15, -0.1) is 0 Å². The van der Waals surface area contributed by atoms with Crippen molar-refractivity contribution in [3.8, 4) is 23.0 Å². The predicted octanol–water partition coefficient (Wildman–Crippen LogP) is 7.67. The number of benzene rings is 5. The number of fused-ring (bicyclic) bond motifs is 6. The van der Waals surface area contributed by atoms with Gasteiger partial charge in [-0.2, -0.15) is 0 Å². The van der Waals surface area contributed by atoms with E-state index in [1.807, 2.05) is 70.8 Å². The highest BCUT2D eigenvalue weighted by molar-refractivity contribution is 6.04. The Morgan fingerprint density at radius 1 is 0.574 bits per heavy atom. The van der Waals surface area contributed by atoms with E-state index in [9.17, 15) is 9.59 Å². The predicted molar refractivity (Wildman–Crippen MR) is 207 cm³/mol. The lowest BCUT2D eigenvalue weighted by molar-refractivity contribution is 0.0696. The normalized spacial score (nSPS) is 17.9. The topological polar surface area (TPSA) is 102 Å². The molecular weight excluding hydrogens is 681 g/mol. The number of nitrogens with zero attached hydrogens (tertiary/aromatic N) is 4. The number of amides is 2. The van der Waals surface area contributed by atoms with Crippen molar-refractivity contribution in [2.45, 2.75) is 51.2 Å². The molecule has 5 aromatic rings. The Hall–Kier alpha value is -6.42.